The molecule has 2 N–H and O–H groups in total. The summed E-state index contributed by atoms with van der Waals surface area (Å²) in [4.78, 5) is 40.5. The molecule has 1 aliphatic heterocycles. The molecule has 40 heavy (non-hydrogen) atoms. The van der Waals surface area contributed by atoms with Gasteiger partial charge in [0, 0.05) is 53.5 Å². The highest BCUT2D eigenvalue weighted by molar-refractivity contribution is 5.98. The number of nitrogens with zero attached hydrogens (tertiary/aromatic N) is 6. The molecule has 3 aromatic heterocycles. The number of hydrogen-bond acceptors (Lipinski definition) is 8. The van der Waals surface area contributed by atoms with Crippen molar-refractivity contribution in [2.24, 2.45) is 5.73 Å². The number of fused-ring (bicyclic) bond motifs is 3. The normalized spacial score (nSPS) is 15.7. The lowest BCUT2D eigenvalue weighted by Gasteiger charge is -2.41. The summed E-state index contributed by atoms with van der Waals surface area (Å²) in [5.74, 6) is 0.497. The van der Waals surface area contributed by atoms with Crippen molar-refractivity contribution < 1.29 is 19.1 Å². The van der Waals surface area contributed by atoms with Crippen molar-refractivity contribution in [2.45, 2.75) is 32.2 Å². The first-order valence-electron chi connectivity index (χ1n) is 13.0. The first kappa shape index (κ1) is 25.6. The van der Waals surface area contributed by atoms with Crippen LogP contribution in [0.25, 0.3) is 28.2 Å². The first-order valence-corrected chi connectivity index (χ1v) is 13.0. The second-order valence-electron chi connectivity index (χ2n) is 10.5. The lowest BCUT2D eigenvalue weighted by molar-refractivity contribution is -0.0373. The van der Waals surface area contributed by atoms with Crippen LogP contribution in [-0.4, -0.2) is 73.9 Å². The third kappa shape index (κ3) is 4.28. The molecule has 0 unspecified atom stereocenters. The SMILES string of the molecule is COc1cc2c(cc1-c1cncc(C(N)=O)c1)-c1c(c(C(=O)N3CCOCC3(C)C)nn1-c1ccncn1)CC2. The van der Waals surface area contributed by atoms with Crippen molar-refractivity contribution in [3.63, 3.8) is 0 Å². The van der Waals surface area contributed by atoms with Gasteiger partial charge in [-0.25, -0.2) is 14.6 Å². The zero-order valence-corrected chi connectivity index (χ0v) is 22.5. The van der Waals surface area contributed by atoms with Gasteiger partial charge in [0.1, 0.15) is 12.1 Å². The zero-order valence-electron chi connectivity index (χ0n) is 22.5. The van der Waals surface area contributed by atoms with E-state index >= 15 is 0 Å². The number of rotatable bonds is 5. The number of hydrogen-bond donors (Lipinski definition) is 1. The number of aromatic nitrogens is 5. The summed E-state index contributed by atoms with van der Waals surface area (Å²) in [6.45, 7) is 5.43. The van der Waals surface area contributed by atoms with Crippen LogP contribution < -0.4 is 10.5 Å². The molecule has 2 amide bonds. The van der Waals surface area contributed by atoms with Crippen molar-refractivity contribution >= 4 is 11.8 Å². The largest absolute Gasteiger partial charge is 0.496 e. The summed E-state index contributed by atoms with van der Waals surface area (Å²) in [5, 5.41) is 4.87. The highest BCUT2D eigenvalue weighted by atomic mass is 16.5. The predicted molar refractivity (Wildman–Crippen MR) is 146 cm³/mol. The van der Waals surface area contributed by atoms with Gasteiger partial charge in [-0.05, 0) is 50.5 Å². The van der Waals surface area contributed by atoms with Crippen LogP contribution in [0.4, 0.5) is 0 Å². The maximum atomic E-state index is 14.0. The minimum absolute atomic E-state index is 0.132. The van der Waals surface area contributed by atoms with E-state index in [4.69, 9.17) is 20.3 Å². The predicted octanol–water partition coefficient (Wildman–Crippen LogP) is 2.85. The maximum Gasteiger partial charge on any atom is 0.275 e. The van der Waals surface area contributed by atoms with Gasteiger partial charge < -0.3 is 20.1 Å². The van der Waals surface area contributed by atoms with Gasteiger partial charge >= 0.3 is 0 Å². The van der Waals surface area contributed by atoms with Gasteiger partial charge in [-0.1, -0.05) is 0 Å². The minimum atomic E-state index is -0.565. The van der Waals surface area contributed by atoms with E-state index in [9.17, 15) is 9.59 Å². The standard InChI is InChI=1S/C29H29N7O4/c1-29(2)15-40-9-8-35(29)28(38)25-20-5-4-17-11-23(39-3)21(18-10-19(27(30)37)14-32-13-18)12-22(17)26(20)36(34-25)24-6-7-31-16-33-24/h6-7,10-14,16H,4-5,8-9,15H2,1-3H3,(H2,30,37). The third-order valence-electron chi connectivity index (χ3n) is 7.52. The van der Waals surface area contributed by atoms with Crippen LogP contribution in [0.15, 0.2) is 49.2 Å². The Hall–Kier alpha value is -4.64. The van der Waals surface area contributed by atoms with E-state index < -0.39 is 11.4 Å². The van der Waals surface area contributed by atoms with Crippen LogP contribution in [0, 0.1) is 0 Å². The van der Waals surface area contributed by atoms with E-state index in [0.29, 0.717) is 61.0 Å². The number of nitrogens with two attached hydrogens (primary N) is 1. The lowest BCUT2D eigenvalue weighted by Crippen LogP contribution is -2.55. The zero-order chi connectivity index (χ0) is 28.0. The molecule has 4 heterocycles. The minimum Gasteiger partial charge on any atom is -0.496 e. The number of ether oxygens (including phenoxy) is 2. The first-order chi connectivity index (χ1) is 19.3. The van der Waals surface area contributed by atoms with Gasteiger partial charge in [0.15, 0.2) is 11.5 Å². The number of methoxy groups -OCH3 is 1. The highest BCUT2D eigenvalue weighted by Crippen LogP contribution is 2.43. The second-order valence-corrected chi connectivity index (χ2v) is 10.5. The van der Waals surface area contributed by atoms with E-state index in [-0.39, 0.29) is 5.91 Å². The molecule has 204 valence electrons. The van der Waals surface area contributed by atoms with Crippen LogP contribution in [0.5, 0.6) is 5.75 Å². The third-order valence-corrected chi connectivity index (χ3v) is 7.52. The molecule has 2 aliphatic rings. The molecule has 0 saturated carbocycles. The molecule has 11 nitrogen and oxygen atoms in total. The Labute approximate surface area is 231 Å². The molecule has 0 bridgehead atoms. The van der Waals surface area contributed by atoms with E-state index in [1.54, 1.807) is 36.3 Å². The van der Waals surface area contributed by atoms with Crippen molar-refractivity contribution in [2.75, 3.05) is 26.9 Å². The molecule has 1 saturated heterocycles. The molecule has 1 aromatic carbocycles. The monoisotopic (exact) mass is 539 g/mol. The lowest BCUT2D eigenvalue weighted by atomic mass is 9.86. The Morgan fingerprint density at radius 2 is 1.95 bits per heavy atom. The van der Waals surface area contributed by atoms with Gasteiger partial charge in [-0.15, -0.1) is 0 Å². The highest BCUT2D eigenvalue weighted by Gasteiger charge is 2.39. The van der Waals surface area contributed by atoms with Crippen molar-refractivity contribution in [1.82, 2.24) is 29.6 Å². The molecule has 1 aliphatic carbocycles. The molecule has 0 spiro atoms. The van der Waals surface area contributed by atoms with Gasteiger partial charge in [0.2, 0.25) is 5.91 Å². The Balaban J connectivity index is 1.56. The summed E-state index contributed by atoms with van der Waals surface area (Å²) in [6, 6.07) is 7.45. The smallest absolute Gasteiger partial charge is 0.275 e. The average Bonchev–Trinajstić information content (AvgIpc) is 3.36. The number of morpholine rings is 1. The van der Waals surface area contributed by atoms with Gasteiger partial charge in [0.25, 0.3) is 5.91 Å². The summed E-state index contributed by atoms with van der Waals surface area (Å²) in [6.07, 6.45) is 7.52. The maximum absolute atomic E-state index is 14.0. The summed E-state index contributed by atoms with van der Waals surface area (Å²) >= 11 is 0. The van der Waals surface area contributed by atoms with Gasteiger partial charge in [0.05, 0.1) is 37.1 Å². The number of pyridine rings is 1. The molecule has 1 fully saturated rings. The molecular formula is C29H29N7O4. The number of aryl methyl sites for hydroxylation is 1. The van der Waals surface area contributed by atoms with Crippen LogP contribution in [0.1, 0.15) is 45.8 Å². The summed E-state index contributed by atoms with van der Waals surface area (Å²) < 4.78 is 13.1. The Morgan fingerprint density at radius 1 is 1.10 bits per heavy atom. The van der Waals surface area contributed by atoms with Crippen LogP contribution in [-0.2, 0) is 17.6 Å². The summed E-state index contributed by atoms with van der Waals surface area (Å²) in [5.41, 5.74) is 10.8. The molecule has 11 heteroatoms. The van der Waals surface area contributed by atoms with Crippen molar-refractivity contribution in [3.8, 4) is 34.0 Å². The van der Waals surface area contributed by atoms with Crippen molar-refractivity contribution in [1.29, 1.82) is 0 Å². The number of carbonyl (C=O) groups excluding carboxylic acids is 2. The van der Waals surface area contributed by atoms with Crippen LogP contribution in [0.2, 0.25) is 0 Å². The fraction of sp³-hybridized carbons (Fsp3) is 0.310. The van der Waals surface area contributed by atoms with Crippen molar-refractivity contribution in [3.05, 3.63) is 71.6 Å². The van der Waals surface area contributed by atoms with E-state index in [1.165, 1.54) is 12.5 Å². The molecule has 0 radical (unpaired) electrons. The fourth-order valence-electron chi connectivity index (χ4n) is 5.50. The fourth-order valence-corrected chi connectivity index (χ4v) is 5.50. The van der Waals surface area contributed by atoms with E-state index in [1.807, 2.05) is 30.9 Å². The molecule has 0 atom stereocenters. The second kappa shape index (κ2) is 9.83. The Morgan fingerprint density at radius 3 is 2.67 bits per heavy atom. The molecular weight excluding hydrogens is 510 g/mol. The quantitative estimate of drug-likeness (QED) is 0.409. The van der Waals surface area contributed by atoms with Gasteiger partial charge in [-0.2, -0.15) is 5.10 Å². The van der Waals surface area contributed by atoms with Crippen LogP contribution >= 0.6 is 0 Å². The molecule has 4 aromatic rings. The Kier molecular flexibility index (Phi) is 6.30. The van der Waals surface area contributed by atoms with E-state index in [0.717, 1.165) is 27.9 Å². The average molecular weight is 540 g/mol. The number of amides is 2. The topological polar surface area (TPSA) is 138 Å². The number of primary amides is 1. The molecule has 6 rings (SSSR count). The van der Waals surface area contributed by atoms with Gasteiger partial charge in [-0.3, -0.25) is 14.6 Å². The van der Waals surface area contributed by atoms with Crippen LogP contribution in [0.3, 0.4) is 0 Å². The Bertz CT molecular complexity index is 1630. The number of benzene rings is 1. The number of carbonyl (C=O) groups is 2. The summed E-state index contributed by atoms with van der Waals surface area (Å²) in [7, 11) is 1.61. The van der Waals surface area contributed by atoms with E-state index in [2.05, 4.69) is 15.0 Å².